The Morgan fingerprint density at radius 1 is 1.41 bits per heavy atom. The molecule has 3 N–H and O–H groups in total. The van der Waals surface area contributed by atoms with E-state index in [1.807, 2.05) is 18.7 Å². The molecule has 27 heavy (non-hydrogen) atoms. The molecule has 1 atom stereocenters. The predicted molar refractivity (Wildman–Crippen MR) is 104 cm³/mol. The zero-order valence-electron chi connectivity index (χ0n) is 15.8. The van der Waals surface area contributed by atoms with Gasteiger partial charge in [-0.15, -0.1) is 0 Å². The minimum Gasteiger partial charge on any atom is -0.357 e. The quantitative estimate of drug-likeness (QED) is 0.322. The number of aliphatic imine (C=N–C) groups is 1. The van der Waals surface area contributed by atoms with Crippen molar-refractivity contribution in [3.8, 4) is 0 Å². The Labute approximate surface area is 160 Å². The van der Waals surface area contributed by atoms with Gasteiger partial charge in [-0.2, -0.15) is 0 Å². The molecular weight excluding hydrogens is 368 g/mol. The van der Waals surface area contributed by atoms with Crippen LogP contribution in [0.3, 0.4) is 0 Å². The van der Waals surface area contributed by atoms with Gasteiger partial charge in [-0.05, 0) is 25.5 Å². The number of rotatable bonds is 8. The van der Waals surface area contributed by atoms with Crippen molar-refractivity contribution in [3.63, 3.8) is 0 Å². The number of pyridine rings is 1. The van der Waals surface area contributed by atoms with Crippen LogP contribution in [0.5, 0.6) is 0 Å². The predicted octanol–water partition coefficient (Wildman–Crippen LogP) is -0.0741. The van der Waals surface area contributed by atoms with Gasteiger partial charge in [-0.25, -0.2) is 13.1 Å². The third-order valence-electron chi connectivity index (χ3n) is 4.15. The summed E-state index contributed by atoms with van der Waals surface area (Å²) in [6.45, 7) is 6.39. The van der Waals surface area contributed by atoms with Gasteiger partial charge in [0, 0.05) is 51.0 Å². The Morgan fingerprint density at radius 3 is 2.89 bits per heavy atom. The Bertz CT molecular complexity index is 738. The van der Waals surface area contributed by atoms with Crippen molar-refractivity contribution in [2.45, 2.75) is 37.6 Å². The standard InChI is InChI=1S/C17H28N6O3S/c1-3-16(24)23-11-7-14(13-23)22-17(19-4-2)20-9-10-21-27(25,26)15-6-5-8-18-12-15/h5-6,8,12,14,21H,3-4,7,9-11,13H2,1-2H3,(H2,19,20,22). The number of aromatic nitrogens is 1. The summed E-state index contributed by atoms with van der Waals surface area (Å²) >= 11 is 0. The maximum Gasteiger partial charge on any atom is 0.242 e. The van der Waals surface area contributed by atoms with Gasteiger partial charge in [0.2, 0.25) is 15.9 Å². The number of carbonyl (C=O) groups is 1. The van der Waals surface area contributed by atoms with Crippen LogP contribution < -0.4 is 15.4 Å². The molecule has 0 spiro atoms. The molecule has 1 aliphatic rings. The van der Waals surface area contributed by atoms with E-state index in [0.717, 1.165) is 13.0 Å². The summed E-state index contributed by atoms with van der Waals surface area (Å²) in [7, 11) is -3.58. The SMILES string of the molecule is CCNC(=NCCNS(=O)(=O)c1cccnc1)NC1CCN(C(=O)CC)C1. The molecule has 0 aromatic carbocycles. The normalized spacial score (nSPS) is 17.8. The van der Waals surface area contributed by atoms with Crippen LogP contribution in [0.4, 0.5) is 0 Å². The second-order valence-electron chi connectivity index (χ2n) is 6.17. The number of nitrogens with one attached hydrogen (secondary N) is 3. The van der Waals surface area contributed by atoms with Gasteiger partial charge in [0.15, 0.2) is 5.96 Å². The van der Waals surface area contributed by atoms with Crippen LogP contribution >= 0.6 is 0 Å². The first-order valence-corrected chi connectivity index (χ1v) is 10.7. The number of carbonyl (C=O) groups excluding carboxylic acids is 1. The molecule has 10 heteroatoms. The molecule has 9 nitrogen and oxygen atoms in total. The van der Waals surface area contributed by atoms with Gasteiger partial charge in [-0.3, -0.25) is 14.8 Å². The summed E-state index contributed by atoms with van der Waals surface area (Å²) in [5, 5.41) is 6.46. The highest BCUT2D eigenvalue weighted by molar-refractivity contribution is 7.89. The summed E-state index contributed by atoms with van der Waals surface area (Å²) in [4.78, 5) is 22.0. The van der Waals surface area contributed by atoms with Crippen LogP contribution in [0.2, 0.25) is 0 Å². The fourth-order valence-electron chi connectivity index (χ4n) is 2.78. The van der Waals surface area contributed by atoms with Crippen LogP contribution in [-0.4, -0.2) is 68.9 Å². The van der Waals surface area contributed by atoms with E-state index in [1.165, 1.54) is 18.5 Å². The highest BCUT2D eigenvalue weighted by Crippen LogP contribution is 2.10. The van der Waals surface area contributed by atoms with Crippen molar-refractivity contribution < 1.29 is 13.2 Å². The molecule has 0 saturated carbocycles. The van der Waals surface area contributed by atoms with Crippen LogP contribution in [0.25, 0.3) is 0 Å². The lowest BCUT2D eigenvalue weighted by molar-refractivity contribution is -0.129. The van der Waals surface area contributed by atoms with Gasteiger partial charge in [0.05, 0.1) is 6.54 Å². The second-order valence-corrected chi connectivity index (χ2v) is 7.94. The Balaban J connectivity index is 1.84. The molecule has 1 unspecified atom stereocenters. The number of guanidine groups is 1. The number of nitrogens with zero attached hydrogens (tertiary/aromatic N) is 3. The van der Waals surface area contributed by atoms with Crippen molar-refractivity contribution in [1.82, 2.24) is 25.2 Å². The maximum atomic E-state index is 12.1. The average molecular weight is 397 g/mol. The van der Waals surface area contributed by atoms with Gasteiger partial charge in [-0.1, -0.05) is 6.92 Å². The van der Waals surface area contributed by atoms with E-state index >= 15 is 0 Å². The highest BCUT2D eigenvalue weighted by Gasteiger charge is 2.25. The Morgan fingerprint density at radius 2 is 2.22 bits per heavy atom. The van der Waals surface area contributed by atoms with Gasteiger partial charge in [0.1, 0.15) is 4.90 Å². The maximum absolute atomic E-state index is 12.1. The van der Waals surface area contributed by atoms with E-state index in [0.29, 0.717) is 32.0 Å². The zero-order valence-corrected chi connectivity index (χ0v) is 16.6. The topological polar surface area (TPSA) is 116 Å². The molecule has 0 aliphatic carbocycles. The van der Waals surface area contributed by atoms with Gasteiger partial charge < -0.3 is 15.5 Å². The van der Waals surface area contributed by atoms with Crippen LogP contribution in [0.1, 0.15) is 26.7 Å². The number of hydrogen-bond acceptors (Lipinski definition) is 5. The largest absolute Gasteiger partial charge is 0.357 e. The van der Waals surface area contributed by atoms with Gasteiger partial charge >= 0.3 is 0 Å². The summed E-state index contributed by atoms with van der Waals surface area (Å²) < 4.78 is 26.8. The highest BCUT2D eigenvalue weighted by atomic mass is 32.2. The molecule has 0 bridgehead atoms. The van der Waals surface area contributed by atoms with E-state index in [2.05, 4.69) is 25.3 Å². The third-order valence-corrected chi connectivity index (χ3v) is 5.59. The van der Waals surface area contributed by atoms with Crippen LogP contribution in [0.15, 0.2) is 34.4 Å². The van der Waals surface area contributed by atoms with E-state index < -0.39 is 10.0 Å². The molecule has 1 saturated heterocycles. The van der Waals surface area contributed by atoms with Crippen LogP contribution in [0, 0.1) is 0 Å². The number of amides is 1. The lowest BCUT2D eigenvalue weighted by Crippen LogP contribution is -2.45. The minimum atomic E-state index is -3.58. The molecule has 1 aromatic rings. The molecular formula is C17H28N6O3S. The van der Waals surface area contributed by atoms with Gasteiger partial charge in [0.25, 0.3) is 0 Å². The van der Waals surface area contributed by atoms with E-state index in [9.17, 15) is 13.2 Å². The monoisotopic (exact) mass is 396 g/mol. The number of likely N-dealkylation sites (tertiary alicyclic amines) is 1. The summed E-state index contributed by atoms with van der Waals surface area (Å²) in [5.74, 6) is 0.778. The summed E-state index contributed by atoms with van der Waals surface area (Å²) in [5.41, 5.74) is 0. The fraction of sp³-hybridized carbons (Fsp3) is 0.588. The van der Waals surface area contributed by atoms with Crippen molar-refractivity contribution >= 4 is 21.9 Å². The fourth-order valence-corrected chi connectivity index (χ4v) is 3.76. The van der Waals surface area contributed by atoms with E-state index in [4.69, 9.17) is 0 Å². The molecule has 2 rings (SSSR count). The average Bonchev–Trinajstić information content (AvgIpc) is 3.14. The molecule has 1 aliphatic heterocycles. The summed E-state index contributed by atoms with van der Waals surface area (Å²) in [6, 6.07) is 3.22. The Kier molecular flexibility index (Phi) is 7.99. The lowest BCUT2D eigenvalue weighted by Gasteiger charge is -2.18. The molecule has 2 heterocycles. The molecule has 1 amide bonds. The van der Waals surface area contributed by atoms with Crippen molar-refractivity contribution in [1.29, 1.82) is 0 Å². The smallest absolute Gasteiger partial charge is 0.242 e. The molecule has 1 aromatic heterocycles. The second kappa shape index (κ2) is 10.2. The molecule has 1 fully saturated rings. The number of sulfonamides is 1. The minimum absolute atomic E-state index is 0.130. The first kappa shape index (κ1) is 21.1. The molecule has 150 valence electrons. The molecule has 0 radical (unpaired) electrons. The first-order chi connectivity index (χ1) is 13.0. The third kappa shape index (κ3) is 6.47. The number of hydrogen-bond donors (Lipinski definition) is 3. The van der Waals surface area contributed by atoms with Crippen molar-refractivity contribution in [2.24, 2.45) is 4.99 Å². The van der Waals surface area contributed by atoms with E-state index in [1.54, 1.807) is 6.07 Å². The summed E-state index contributed by atoms with van der Waals surface area (Å²) in [6.07, 6.45) is 4.21. The van der Waals surface area contributed by atoms with Crippen molar-refractivity contribution in [2.75, 3.05) is 32.7 Å². The Hall–Kier alpha value is -2.20. The first-order valence-electron chi connectivity index (χ1n) is 9.18. The zero-order chi connectivity index (χ0) is 19.7. The van der Waals surface area contributed by atoms with E-state index in [-0.39, 0.29) is 23.4 Å². The van der Waals surface area contributed by atoms with Crippen molar-refractivity contribution in [3.05, 3.63) is 24.5 Å². The van der Waals surface area contributed by atoms with Crippen LogP contribution in [-0.2, 0) is 14.8 Å². The lowest BCUT2D eigenvalue weighted by atomic mass is 10.3.